The third-order valence-electron chi connectivity index (χ3n) is 5.17. The van der Waals surface area contributed by atoms with E-state index in [1.165, 1.54) is 11.1 Å². The Bertz CT molecular complexity index is 936. The smallest absolute Gasteiger partial charge is 0.408 e. The van der Waals surface area contributed by atoms with Crippen LogP contribution in [0.1, 0.15) is 11.1 Å². The van der Waals surface area contributed by atoms with Gasteiger partial charge in [-0.05, 0) is 24.6 Å². The summed E-state index contributed by atoms with van der Waals surface area (Å²) >= 11 is 0. The highest BCUT2D eigenvalue weighted by Gasteiger charge is 2.18. The molecule has 2 heterocycles. The molecule has 0 amide bonds. The molecule has 1 aromatic heterocycles. The van der Waals surface area contributed by atoms with E-state index in [9.17, 15) is 4.79 Å². The van der Waals surface area contributed by atoms with Gasteiger partial charge >= 0.3 is 5.76 Å². The zero-order chi connectivity index (χ0) is 17.9. The SMILES string of the molecule is Cc1cccc(CN2CCN(CCn3c(=O)oc4ccccc43)CC2)c1. The van der Waals surface area contributed by atoms with Gasteiger partial charge in [0, 0.05) is 45.8 Å². The molecule has 3 aromatic rings. The maximum absolute atomic E-state index is 12.1. The van der Waals surface area contributed by atoms with Crippen molar-refractivity contribution >= 4 is 11.1 Å². The van der Waals surface area contributed by atoms with Crippen molar-refractivity contribution < 1.29 is 4.42 Å². The van der Waals surface area contributed by atoms with Crippen LogP contribution >= 0.6 is 0 Å². The topological polar surface area (TPSA) is 41.6 Å². The lowest BCUT2D eigenvalue weighted by atomic mass is 10.1. The molecule has 5 heteroatoms. The van der Waals surface area contributed by atoms with Crippen molar-refractivity contribution in [2.45, 2.75) is 20.0 Å². The number of oxazole rings is 1. The van der Waals surface area contributed by atoms with Crippen molar-refractivity contribution in [3.8, 4) is 0 Å². The number of nitrogens with zero attached hydrogens (tertiary/aromatic N) is 3. The molecule has 0 N–H and O–H groups in total. The predicted octanol–water partition coefficient (Wildman–Crippen LogP) is 2.72. The summed E-state index contributed by atoms with van der Waals surface area (Å²) in [5.41, 5.74) is 4.25. The van der Waals surface area contributed by atoms with Crippen molar-refractivity contribution in [2.24, 2.45) is 0 Å². The van der Waals surface area contributed by atoms with E-state index >= 15 is 0 Å². The molecule has 1 aliphatic heterocycles. The zero-order valence-electron chi connectivity index (χ0n) is 15.2. The van der Waals surface area contributed by atoms with Gasteiger partial charge in [0.05, 0.1) is 5.52 Å². The number of hydrogen-bond acceptors (Lipinski definition) is 4. The highest BCUT2D eigenvalue weighted by atomic mass is 16.4. The maximum atomic E-state index is 12.1. The monoisotopic (exact) mass is 351 g/mol. The minimum Gasteiger partial charge on any atom is -0.408 e. The summed E-state index contributed by atoms with van der Waals surface area (Å²) in [6, 6.07) is 16.4. The molecule has 2 aromatic carbocycles. The quantitative estimate of drug-likeness (QED) is 0.709. The predicted molar refractivity (Wildman–Crippen MR) is 103 cm³/mol. The van der Waals surface area contributed by atoms with Crippen LogP contribution in [0.4, 0.5) is 0 Å². The summed E-state index contributed by atoms with van der Waals surface area (Å²) in [7, 11) is 0. The third-order valence-corrected chi connectivity index (χ3v) is 5.17. The van der Waals surface area contributed by atoms with E-state index in [0.717, 1.165) is 44.8 Å². The molecule has 1 fully saturated rings. The van der Waals surface area contributed by atoms with Crippen LogP contribution in [-0.4, -0.2) is 47.1 Å². The van der Waals surface area contributed by atoms with Crippen LogP contribution in [0, 0.1) is 6.92 Å². The standard InChI is InChI=1S/C21H25N3O2/c1-17-5-4-6-18(15-17)16-23-11-9-22(10-12-23)13-14-24-19-7-2-3-8-20(19)26-21(24)25/h2-8,15H,9-14,16H2,1H3. The number of aryl methyl sites for hydroxylation is 1. The Hall–Kier alpha value is -2.37. The summed E-state index contributed by atoms with van der Waals surface area (Å²) in [6.07, 6.45) is 0. The molecular weight excluding hydrogens is 326 g/mol. The van der Waals surface area contributed by atoms with E-state index in [-0.39, 0.29) is 5.76 Å². The molecule has 0 bridgehead atoms. The summed E-state index contributed by atoms with van der Waals surface area (Å²) < 4.78 is 7.06. The molecule has 0 atom stereocenters. The van der Waals surface area contributed by atoms with Gasteiger partial charge in [-0.25, -0.2) is 4.79 Å². The summed E-state index contributed by atoms with van der Waals surface area (Å²) in [5, 5.41) is 0. The number of piperazine rings is 1. The fourth-order valence-corrected chi connectivity index (χ4v) is 3.71. The second kappa shape index (κ2) is 7.48. The first-order valence-electron chi connectivity index (χ1n) is 9.28. The lowest BCUT2D eigenvalue weighted by Crippen LogP contribution is -2.47. The molecule has 1 aliphatic rings. The zero-order valence-corrected chi connectivity index (χ0v) is 15.2. The Morgan fingerprint density at radius 1 is 0.923 bits per heavy atom. The van der Waals surface area contributed by atoms with Crippen LogP contribution in [0.2, 0.25) is 0 Å². The Kier molecular flexibility index (Phi) is 4.91. The molecule has 0 saturated carbocycles. The average molecular weight is 351 g/mol. The molecule has 5 nitrogen and oxygen atoms in total. The highest BCUT2D eigenvalue weighted by Crippen LogP contribution is 2.13. The van der Waals surface area contributed by atoms with Gasteiger partial charge in [-0.15, -0.1) is 0 Å². The molecule has 0 radical (unpaired) electrons. The van der Waals surface area contributed by atoms with E-state index in [4.69, 9.17) is 4.42 Å². The van der Waals surface area contributed by atoms with Gasteiger partial charge in [0.1, 0.15) is 0 Å². The second-order valence-electron chi connectivity index (χ2n) is 7.09. The van der Waals surface area contributed by atoms with Gasteiger partial charge in [0.15, 0.2) is 5.58 Å². The minimum atomic E-state index is -0.260. The van der Waals surface area contributed by atoms with Crippen molar-refractivity contribution in [3.05, 3.63) is 70.2 Å². The first-order valence-corrected chi connectivity index (χ1v) is 9.28. The molecule has 0 aliphatic carbocycles. The lowest BCUT2D eigenvalue weighted by Gasteiger charge is -2.34. The van der Waals surface area contributed by atoms with Crippen LogP contribution < -0.4 is 5.76 Å². The molecule has 136 valence electrons. The van der Waals surface area contributed by atoms with Gasteiger partial charge in [-0.3, -0.25) is 14.4 Å². The number of hydrogen-bond donors (Lipinski definition) is 0. The molecule has 0 spiro atoms. The van der Waals surface area contributed by atoms with E-state index in [0.29, 0.717) is 12.1 Å². The average Bonchev–Trinajstić information content (AvgIpc) is 2.96. The van der Waals surface area contributed by atoms with Gasteiger partial charge in [-0.2, -0.15) is 0 Å². The Balaban J connectivity index is 1.31. The number of benzene rings is 2. The third kappa shape index (κ3) is 3.74. The normalized spacial score (nSPS) is 16.3. The van der Waals surface area contributed by atoms with Crippen LogP contribution in [0.15, 0.2) is 57.7 Å². The van der Waals surface area contributed by atoms with E-state index < -0.39 is 0 Å². The molecular formula is C21H25N3O2. The Labute approximate surface area is 153 Å². The largest absolute Gasteiger partial charge is 0.419 e. The van der Waals surface area contributed by atoms with E-state index in [1.807, 2.05) is 24.3 Å². The second-order valence-corrected chi connectivity index (χ2v) is 7.09. The fourth-order valence-electron chi connectivity index (χ4n) is 3.71. The van der Waals surface area contributed by atoms with Gasteiger partial charge in [0.25, 0.3) is 0 Å². The Morgan fingerprint density at radius 2 is 1.69 bits per heavy atom. The van der Waals surface area contributed by atoms with Crippen LogP contribution in [0.5, 0.6) is 0 Å². The van der Waals surface area contributed by atoms with Crippen LogP contribution in [-0.2, 0) is 13.1 Å². The number of fused-ring (bicyclic) bond motifs is 1. The summed E-state index contributed by atoms with van der Waals surface area (Å²) in [5.74, 6) is -0.260. The van der Waals surface area contributed by atoms with Crippen molar-refractivity contribution in [1.82, 2.24) is 14.4 Å². The van der Waals surface area contributed by atoms with Gasteiger partial charge in [0.2, 0.25) is 0 Å². The van der Waals surface area contributed by atoms with Crippen molar-refractivity contribution in [3.63, 3.8) is 0 Å². The van der Waals surface area contributed by atoms with Gasteiger partial charge < -0.3 is 4.42 Å². The minimum absolute atomic E-state index is 0.260. The van der Waals surface area contributed by atoms with Gasteiger partial charge in [-0.1, -0.05) is 42.0 Å². The summed E-state index contributed by atoms with van der Waals surface area (Å²) in [6.45, 7) is 8.91. The van der Waals surface area contributed by atoms with Crippen molar-refractivity contribution in [2.75, 3.05) is 32.7 Å². The maximum Gasteiger partial charge on any atom is 0.419 e. The van der Waals surface area contributed by atoms with E-state index in [2.05, 4.69) is 41.0 Å². The van der Waals surface area contributed by atoms with E-state index in [1.54, 1.807) is 4.57 Å². The Morgan fingerprint density at radius 3 is 2.50 bits per heavy atom. The molecule has 1 saturated heterocycles. The van der Waals surface area contributed by atoms with Crippen LogP contribution in [0.3, 0.4) is 0 Å². The number of rotatable bonds is 5. The highest BCUT2D eigenvalue weighted by molar-refractivity contribution is 5.72. The number of aromatic nitrogens is 1. The first kappa shape index (κ1) is 17.1. The first-order chi connectivity index (χ1) is 12.7. The molecule has 26 heavy (non-hydrogen) atoms. The molecule has 0 unspecified atom stereocenters. The summed E-state index contributed by atoms with van der Waals surface area (Å²) in [4.78, 5) is 17.0. The van der Waals surface area contributed by atoms with Crippen molar-refractivity contribution in [1.29, 1.82) is 0 Å². The fraction of sp³-hybridized carbons (Fsp3) is 0.381. The van der Waals surface area contributed by atoms with Crippen LogP contribution in [0.25, 0.3) is 11.1 Å². The number of para-hydroxylation sites is 2. The molecule has 4 rings (SSSR count). The lowest BCUT2D eigenvalue weighted by molar-refractivity contribution is 0.124.